The molecule has 0 amide bonds. The van der Waals surface area contributed by atoms with Crippen LogP contribution in [0.4, 0.5) is 0 Å². The fourth-order valence-electron chi connectivity index (χ4n) is 1.68. The van der Waals surface area contributed by atoms with E-state index < -0.39 is 5.97 Å². The number of carbonyl (C=O) groups is 2. The number of thiophene rings is 1. The van der Waals surface area contributed by atoms with Crippen LogP contribution in [0.15, 0.2) is 34.1 Å². The fraction of sp³-hybridized carbons (Fsp3) is 0.0769. The first kappa shape index (κ1) is 13.0. The standard InChI is InChI=1S/C13H9BrO3S/c1-7-10(6-11(14)18-7)12(15)8-4-2-3-5-9(8)13(16)17/h2-6H,1H3,(H,16,17). The molecule has 1 aromatic carbocycles. The Balaban J connectivity index is 2.53. The van der Waals surface area contributed by atoms with Crippen molar-refractivity contribution in [3.05, 3.63) is 55.7 Å². The van der Waals surface area contributed by atoms with Gasteiger partial charge in [-0.2, -0.15) is 0 Å². The normalized spacial score (nSPS) is 10.3. The van der Waals surface area contributed by atoms with Gasteiger partial charge in [0.05, 0.1) is 9.35 Å². The van der Waals surface area contributed by atoms with Crippen LogP contribution in [0.1, 0.15) is 31.2 Å². The number of aromatic carboxylic acids is 1. The second-order valence-corrected chi connectivity index (χ2v) is 6.34. The van der Waals surface area contributed by atoms with Crippen LogP contribution in [0, 0.1) is 6.92 Å². The summed E-state index contributed by atoms with van der Waals surface area (Å²) in [7, 11) is 0. The van der Waals surface area contributed by atoms with E-state index in [0.29, 0.717) is 5.56 Å². The van der Waals surface area contributed by atoms with Gasteiger partial charge >= 0.3 is 5.97 Å². The minimum absolute atomic E-state index is 0.0317. The SMILES string of the molecule is Cc1sc(Br)cc1C(=O)c1ccccc1C(=O)O. The summed E-state index contributed by atoms with van der Waals surface area (Å²) < 4.78 is 0.858. The lowest BCUT2D eigenvalue weighted by Crippen LogP contribution is -2.09. The van der Waals surface area contributed by atoms with Crippen LogP contribution in [0.5, 0.6) is 0 Å². The van der Waals surface area contributed by atoms with Crippen molar-refractivity contribution in [1.82, 2.24) is 0 Å². The predicted octanol–water partition coefficient (Wildman–Crippen LogP) is 3.75. The topological polar surface area (TPSA) is 54.4 Å². The lowest BCUT2D eigenvalue weighted by Gasteiger charge is -2.04. The van der Waals surface area contributed by atoms with Gasteiger partial charge < -0.3 is 5.11 Å². The maximum absolute atomic E-state index is 12.3. The smallest absolute Gasteiger partial charge is 0.336 e. The number of ketones is 1. The molecule has 1 aromatic heterocycles. The number of carboxylic acid groups (broad SMARTS) is 1. The Kier molecular flexibility index (Phi) is 3.63. The summed E-state index contributed by atoms with van der Waals surface area (Å²) in [6.07, 6.45) is 0. The maximum atomic E-state index is 12.3. The van der Waals surface area contributed by atoms with Gasteiger partial charge in [0.25, 0.3) is 0 Å². The third kappa shape index (κ3) is 2.37. The Hall–Kier alpha value is -1.46. The molecule has 0 bridgehead atoms. The van der Waals surface area contributed by atoms with Gasteiger partial charge in [0, 0.05) is 16.0 Å². The second-order valence-electron chi connectivity index (χ2n) is 3.70. The number of hydrogen-bond donors (Lipinski definition) is 1. The van der Waals surface area contributed by atoms with Gasteiger partial charge in [-0.05, 0) is 35.0 Å². The fourth-order valence-corrected chi connectivity index (χ4v) is 3.37. The third-order valence-corrected chi connectivity index (χ3v) is 4.09. The molecule has 2 rings (SSSR count). The minimum atomic E-state index is -1.09. The van der Waals surface area contributed by atoms with Crippen LogP contribution in [0.3, 0.4) is 0 Å². The summed E-state index contributed by atoms with van der Waals surface area (Å²) in [5.74, 6) is -1.35. The number of halogens is 1. The number of carbonyl (C=O) groups excluding carboxylic acids is 1. The van der Waals surface area contributed by atoms with E-state index in [9.17, 15) is 9.59 Å². The molecule has 0 saturated carbocycles. The Morgan fingerprint density at radius 1 is 1.17 bits per heavy atom. The molecule has 0 saturated heterocycles. The zero-order chi connectivity index (χ0) is 13.3. The Morgan fingerprint density at radius 3 is 2.28 bits per heavy atom. The molecule has 18 heavy (non-hydrogen) atoms. The van der Waals surface area contributed by atoms with Gasteiger partial charge in [0.2, 0.25) is 0 Å². The predicted molar refractivity (Wildman–Crippen MR) is 73.6 cm³/mol. The van der Waals surface area contributed by atoms with Crippen LogP contribution in [-0.4, -0.2) is 16.9 Å². The highest BCUT2D eigenvalue weighted by Gasteiger charge is 2.20. The van der Waals surface area contributed by atoms with Gasteiger partial charge in [0.1, 0.15) is 0 Å². The third-order valence-electron chi connectivity index (χ3n) is 2.53. The zero-order valence-electron chi connectivity index (χ0n) is 9.44. The largest absolute Gasteiger partial charge is 0.478 e. The van der Waals surface area contributed by atoms with E-state index in [1.54, 1.807) is 18.2 Å². The summed E-state index contributed by atoms with van der Waals surface area (Å²) in [5, 5.41) is 9.08. The lowest BCUT2D eigenvalue weighted by molar-refractivity contribution is 0.0693. The Morgan fingerprint density at radius 2 is 1.78 bits per heavy atom. The molecule has 2 aromatic rings. The molecular weight excluding hydrogens is 316 g/mol. The van der Waals surface area contributed by atoms with E-state index in [1.165, 1.54) is 23.5 Å². The van der Waals surface area contributed by atoms with E-state index in [0.717, 1.165) is 8.66 Å². The highest BCUT2D eigenvalue weighted by Crippen LogP contribution is 2.28. The molecule has 3 nitrogen and oxygen atoms in total. The molecule has 0 spiro atoms. The average molecular weight is 325 g/mol. The molecule has 0 aliphatic rings. The van der Waals surface area contributed by atoms with Crippen LogP contribution in [0.2, 0.25) is 0 Å². The number of benzene rings is 1. The number of aryl methyl sites for hydroxylation is 1. The summed E-state index contributed by atoms with van der Waals surface area (Å²) in [6.45, 7) is 1.84. The van der Waals surface area contributed by atoms with Crippen LogP contribution < -0.4 is 0 Å². The first-order valence-corrected chi connectivity index (χ1v) is 6.74. The second kappa shape index (κ2) is 5.04. The van der Waals surface area contributed by atoms with E-state index in [2.05, 4.69) is 15.9 Å². The Bertz CT molecular complexity index is 631. The highest BCUT2D eigenvalue weighted by atomic mass is 79.9. The van der Waals surface area contributed by atoms with Gasteiger partial charge in [-0.3, -0.25) is 4.79 Å². The molecule has 0 aliphatic carbocycles. The van der Waals surface area contributed by atoms with Crippen molar-refractivity contribution in [2.75, 3.05) is 0 Å². The van der Waals surface area contributed by atoms with Gasteiger partial charge in [-0.15, -0.1) is 11.3 Å². The lowest BCUT2D eigenvalue weighted by atomic mass is 9.99. The maximum Gasteiger partial charge on any atom is 0.336 e. The van der Waals surface area contributed by atoms with Gasteiger partial charge in [0.15, 0.2) is 5.78 Å². The van der Waals surface area contributed by atoms with Gasteiger partial charge in [-0.1, -0.05) is 18.2 Å². The average Bonchev–Trinajstić information content (AvgIpc) is 2.67. The summed E-state index contributed by atoms with van der Waals surface area (Å²) in [5.41, 5.74) is 0.795. The molecule has 0 atom stereocenters. The molecule has 1 N–H and O–H groups in total. The molecule has 92 valence electrons. The number of rotatable bonds is 3. The summed E-state index contributed by atoms with van der Waals surface area (Å²) >= 11 is 4.78. The van der Waals surface area contributed by atoms with Crippen LogP contribution in [0.25, 0.3) is 0 Å². The summed E-state index contributed by atoms with van der Waals surface area (Å²) in [6, 6.07) is 7.97. The van der Waals surface area contributed by atoms with Crippen molar-refractivity contribution < 1.29 is 14.7 Å². The van der Waals surface area contributed by atoms with Crippen molar-refractivity contribution in [2.24, 2.45) is 0 Å². The van der Waals surface area contributed by atoms with E-state index in [1.807, 2.05) is 6.92 Å². The number of carboxylic acids is 1. The molecular formula is C13H9BrO3S. The first-order chi connectivity index (χ1) is 8.50. The Labute approximate surface area is 116 Å². The molecule has 1 heterocycles. The van der Waals surface area contributed by atoms with Crippen LogP contribution >= 0.6 is 27.3 Å². The van der Waals surface area contributed by atoms with E-state index >= 15 is 0 Å². The first-order valence-electron chi connectivity index (χ1n) is 5.13. The van der Waals surface area contributed by atoms with Crippen molar-refractivity contribution in [3.8, 4) is 0 Å². The molecule has 0 fully saturated rings. The molecule has 5 heteroatoms. The summed E-state index contributed by atoms with van der Waals surface area (Å²) in [4.78, 5) is 24.3. The van der Waals surface area contributed by atoms with Crippen molar-refractivity contribution in [3.63, 3.8) is 0 Å². The van der Waals surface area contributed by atoms with E-state index in [4.69, 9.17) is 5.11 Å². The van der Waals surface area contributed by atoms with Crippen molar-refractivity contribution in [1.29, 1.82) is 0 Å². The van der Waals surface area contributed by atoms with Gasteiger partial charge in [-0.25, -0.2) is 4.79 Å². The highest BCUT2D eigenvalue weighted by molar-refractivity contribution is 9.11. The molecule has 0 unspecified atom stereocenters. The van der Waals surface area contributed by atoms with Crippen molar-refractivity contribution >= 4 is 39.0 Å². The number of hydrogen-bond acceptors (Lipinski definition) is 3. The van der Waals surface area contributed by atoms with E-state index in [-0.39, 0.29) is 16.9 Å². The van der Waals surface area contributed by atoms with Crippen molar-refractivity contribution in [2.45, 2.75) is 6.92 Å². The van der Waals surface area contributed by atoms with Crippen LogP contribution in [-0.2, 0) is 0 Å². The minimum Gasteiger partial charge on any atom is -0.478 e. The molecule has 0 radical (unpaired) electrons. The molecule has 0 aliphatic heterocycles. The zero-order valence-corrected chi connectivity index (χ0v) is 11.8. The monoisotopic (exact) mass is 324 g/mol. The quantitative estimate of drug-likeness (QED) is 0.875.